The molecule has 2 atom stereocenters. The van der Waals surface area contributed by atoms with Crippen LogP contribution in [-0.2, 0) is 20.0 Å². The summed E-state index contributed by atoms with van der Waals surface area (Å²) in [5, 5.41) is 15.4. The molecule has 2 amide bonds. The third-order valence-electron chi connectivity index (χ3n) is 21.4. The average Bonchev–Trinajstić information content (AvgIpc) is 1.46. The number of anilines is 4. The van der Waals surface area contributed by atoms with Gasteiger partial charge in [0.15, 0.2) is 21.7 Å². The van der Waals surface area contributed by atoms with E-state index in [1.807, 2.05) is 24.5 Å². The third-order valence-corrected chi connectivity index (χ3v) is 23.9. The summed E-state index contributed by atoms with van der Waals surface area (Å²) < 4.78 is 73.0. The molecular weight excluding hydrogens is 1130 g/mol. The third kappa shape index (κ3) is 9.35. The van der Waals surface area contributed by atoms with Crippen LogP contribution in [0, 0.1) is 33.5 Å². The molecule has 6 aromatic rings. The van der Waals surface area contributed by atoms with E-state index in [1.54, 1.807) is 57.9 Å². The Morgan fingerprint density at radius 2 is 0.895 bits per heavy atom. The quantitative estimate of drug-likeness (QED) is 0.111. The Hall–Kier alpha value is -7.34. The molecule has 6 aliphatic carbocycles. The normalized spacial score (nSPS) is 25.7. The Balaban J connectivity index is 0.000000145. The molecule has 2 saturated heterocycles. The molecule has 6 aromatic heterocycles. The fourth-order valence-electron chi connectivity index (χ4n) is 16.3. The summed E-state index contributed by atoms with van der Waals surface area (Å²) in [6, 6.07) is 20.1. The Bertz CT molecular complexity index is 3670. The second kappa shape index (κ2) is 19.6. The van der Waals surface area contributed by atoms with Gasteiger partial charge in [0.1, 0.15) is 23.3 Å². The van der Waals surface area contributed by atoms with Gasteiger partial charge in [0.25, 0.3) is 31.9 Å². The van der Waals surface area contributed by atoms with Gasteiger partial charge in [-0.25, -0.2) is 38.7 Å². The summed E-state index contributed by atoms with van der Waals surface area (Å²) in [6.45, 7) is 11.3. The standard InChI is InChI=1S/2C31H37N7O4S/c2*1-29(2)12-10-20-5-4-17-32-23-6-3-7-26(33-23)43(40,41)36-28(39)21-8-9-24(34-27(21)38(20)29)37-18-11-25(35-37)42-19-22-30(13-14-30)31(22)15-16-31/h2*3,6-9,11,18,20,22H,4-5,10,12-17,19H2,1-2H3,(H,32,33)(H,36,39). The summed E-state index contributed by atoms with van der Waals surface area (Å²) in [7, 11) is -8.44. The lowest BCUT2D eigenvalue weighted by atomic mass is 10.0. The van der Waals surface area contributed by atoms with E-state index >= 15 is 0 Å². The minimum Gasteiger partial charge on any atom is -0.476 e. The first-order valence-corrected chi connectivity index (χ1v) is 33.8. The molecule has 22 nitrogen and oxygen atoms in total. The largest absolute Gasteiger partial charge is 0.476 e. The number of hydrogen-bond donors (Lipinski definition) is 4. The number of rotatable bonds is 8. The van der Waals surface area contributed by atoms with Gasteiger partial charge >= 0.3 is 0 Å². The summed E-state index contributed by atoms with van der Waals surface area (Å²) >= 11 is 0. The topological polar surface area (TPSA) is 263 Å². The highest BCUT2D eigenvalue weighted by Crippen LogP contribution is 2.93. The van der Waals surface area contributed by atoms with Gasteiger partial charge in [0.05, 0.1) is 24.3 Å². The van der Waals surface area contributed by atoms with Gasteiger partial charge < -0.3 is 29.9 Å². The maximum absolute atomic E-state index is 13.7. The molecule has 452 valence electrons. The van der Waals surface area contributed by atoms with E-state index in [4.69, 9.17) is 19.4 Å². The number of carbonyl (C=O) groups is 2. The van der Waals surface area contributed by atoms with E-state index in [1.165, 1.54) is 63.5 Å². The van der Waals surface area contributed by atoms with E-state index in [0.29, 0.717) is 106 Å². The molecule has 86 heavy (non-hydrogen) atoms. The number of fused-ring (bicyclic) bond motifs is 12. The van der Waals surface area contributed by atoms with E-state index in [9.17, 15) is 26.4 Å². The van der Waals surface area contributed by atoms with Crippen LogP contribution in [0.2, 0.25) is 0 Å². The Morgan fingerprint density at radius 1 is 0.500 bits per heavy atom. The summed E-state index contributed by atoms with van der Waals surface area (Å²) in [5.41, 5.74) is 2.10. The predicted molar refractivity (Wildman–Crippen MR) is 320 cm³/mol. The zero-order chi connectivity index (χ0) is 59.2. The second-order valence-corrected chi connectivity index (χ2v) is 30.4. The maximum Gasteiger partial charge on any atom is 0.281 e. The second-order valence-electron chi connectivity index (χ2n) is 27.1. The first kappa shape index (κ1) is 55.3. The van der Waals surface area contributed by atoms with Crippen molar-refractivity contribution >= 4 is 55.1 Å². The lowest BCUT2D eigenvalue weighted by molar-refractivity contribution is 0.0972. The number of nitrogens with one attached hydrogen (secondary N) is 4. The first-order chi connectivity index (χ1) is 41.2. The first-order valence-electron chi connectivity index (χ1n) is 30.8. The van der Waals surface area contributed by atoms with Crippen molar-refractivity contribution in [1.29, 1.82) is 0 Å². The highest BCUT2D eigenvalue weighted by Gasteiger charge is 2.87. The Labute approximate surface area is 501 Å². The molecule has 10 heterocycles. The van der Waals surface area contributed by atoms with E-state index in [2.05, 4.69) is 77.7 Å². The molecule has 6 saturated carbocycles. The molecule has 8 fully saturated rings. The highest BCUT2D eigenvalue weighted by molar-refractivity contribution is 7.90. The number of amides is 2. The molecule has 4 bridgehead atoms. The molecule has 4 N–H and O–H groups in total. The van der Waals surface area contributed by atoms with Crippen molar-refractivity contribution in [2.24, 2.45) is 33.5 Å². The Kier molecular flexibility index (Phi) is 12.6. The van der Waals surface area contributed by atoms with Gasteiger partial charge in [0.2, 0.25) is 11.8 Å². The molecule has 16 rings (SSSR count). The lowest BCUT2D eigenvalue weighted by Crippen LogP contribution is -2.45. The molecule has 0 radical (unpaired) electrons. The van der Waals surface area contributed by atoms with Crippen molar-refractivity contribution in [3.05, 3.63) is 96.3 Å². The summed E-state index contributed by atoms with van der Waals surface area (Å²) in [5.74, 6) is 3.84. The van der Waals surface area contributed by atoms with Gasteiger partial charge in [-0.05, 0) is 201 Å². The van der Waals surface area contributed by atoms with Crippen LogP contribution >= 0.6 is 0 Å². The summed E-state index contributed by atoms with van der Waals surface area (Å²) in [4.78, 5) is 50.2. The van der Waals surface area contributed by atoms with Crippen molar-refractivity contribution in [2.75, 3.05) is 46.7 Å². The van der Waals surface area contributed by atoms with E-state index in [-0.39, 0.29) is 44.3 Å². The van der Waals surface area contributed by atoms with Crippen molar-refractivity contribution in [1.82, 2.24) is 48.9 Å². The molecule has 10 aliphatic rings. The van der Waals surface area contributed by atoms with Crippen molar-refractivity contribution in [3.63, 3.8) is 0 Å². The number of carbonyl (C=O) groups excluding carboxylic acids is 2. The van der Waals surface area contributed by atoms with Crippen LogP contribution in [0.25, 0.3) is 11.6 Å². The highest BCUT2D eigenvalue weighted by atomic mass is 32.2. The Morgan fingerprint density at radius 3 is 1.28 bits per heavy atom. The zero-order valence-electron chi connectivity index (χ0n) is 49.1. The van der Waals surface area contributed by atoms with Crippen LogP contribution in [0.1, 0.15) is 151 Å². The number of aromatic nitrogens is 8. The molecule has 0 aromatic carbocycles. The van der Waals surface area contributed by atoms with Crippen LogP contribution in [0.3, 0.4) is 0 Å². The minimum atomic E-state index is -4.22. The molecule has 24 heteroatoms. The van der Waals surface area contributed by atoms with Gasteiger partial charge in [-0.15, -0.1) is 10.2 Å². The molecule has 2 unspecified atom stereocenters. The molecular formula is C62H74N14O8S2. The van der Waals surface area contributed by atoms with Gasteiger partial charge in [-0.1, -0.05) is 12.1 Å². The van der Waals surface area contributed by atoms with Gasteiger partial charge in [0, 0.05) is 72.6 Å². The fraction of sp³-hybridized carbons (Fsp3) is 0.548. The van der Waals surface area contributed by atoms with Gasteiger partial charge in [-0.3, -0.25) is 9.59 Å². The average molecular weight is 1210 g/mol. The number of pyridine rings is 4. The van der Waals surface area contributed by atoms with Crippen LogP contribution in [0.4, 0.5) is 23.3 Å². The van der Waals surface area contributed by atoms with Crippen molar-refractivity contribution in [2.45, 2.75) is 164 Å². The number of ether oxygens (including phenoxy) is 2. The minimum absolute atomic E-state index is 0.129. The van der Waals surface area contributed by atoms with Gasteiger partial charge in [-0.2, -0.15) is 16.8 Å². The number of sulfonamides is 2. The molecule has 4 aliphatic heterocycles. The van der Waals surface area contributed by atoms with E-state index in [0.717, 1.165) is 51.4 Å². The fourth-order valence-corrected chi connectivity index (χ4v) is 18.2. The van der Waals surface area contributed by atoms with E-state index < -0.39 is 31.9 Å². The van der Waals surface area contributed by atoms with Crippen LogP contribution in [-0.4, -0.2) is 118 Å². The molecule has 4 spiro atoms. The number of hydrogen-bond acceptors (Lipinski definition) is 18. The predicted octanol–water partition coefficient (Wildman–Crippen LogP) is 8.61. The van der Waals surface area contributed by atoms with Crippen LogP contribution in [0.5, 0.6) is 11.8 Å². The van der Waals surface area contributed by atoms with Crippen molar-refractivity contribution < 1.29 is 35.9 Å². The van der Waals surface area contributed by atoms with Crippen LogP contribution in [0.15, 0.2) is 95.2 Å². The zero-order valence-corrected chi connectivity index (χ0v) is 50.7. The SMILES string of the molecule is CC1(C)CCC2CCCNc3cccc(n3)S(=O)(=O)NC(=O)c3ccc(-n4ccc(OCC5C6(CC6)C56CC6)n4)nc3N21.CC1(C)CCC2CCCNc3cccc(n3)S(=O)(=O)NC(=O)c3ccc(-n4ccc(OCC5C6(CC6)C56CC6)n4)nc3N21. The number of nitrogens with zero attached hydrogens (tertiary/aromatic N) is 10. The van der Waals surface area contributed by atoms with Crippen LogP contribution < -0.4 is 39.4 Å². The lowest BCUT2D eigenvalue weighted by Gasteiger charge is -2.38. The smallest absolute Gasteiger partial charge is 0.281 e. The monoisotopic (exact) mass is 1210 g/mol. The van der Waals surface area contributed by atoms with Crippen molar-refractivity contribution in [3.8, 4) is 23.4 Å². The summed E-state index contributed by atoms with van der Waals surface area (Å²) in [6.07, 6.45) is 21.6. The maximum atomic E-state index is 13.7.